The maximum Gasteiger partial charge on any atom is 0.246 e. The number of carbonyl (C=O) groups is 1. The molecule has 1 fully saturated rings. The van der Waals surface area contributed by atoms with Crippen LogP contribution in [0.5, 0.6) is 5.75 Å². The summed E-state index contributed by atoms with van der Waals surface area (Å²) in [6, 6.07) is 6.78. The Bertz CT molecular complexity index is 685. The number of anilines is 1. The van der Waals surface area contributed by atoms with E-state index < -0.39 is 20.7 Å². The van der Waals surface area contributed by atoms with Gasteiger partial charge in [0.2, 0.25) is 15.9 Å². The van der Waals surface area contributed by atoms with Crippen LogP contribution in [0.4, 0.5) is 5.69 Å². The summed E-state index contributed by atoms with van der Waals surface area (Å²) in [5.74, 6) is 0.142. The minimum atomic E-state index is -3.66. The molecule has 126 valence electrons. The van der Waals surface area contributed by atoms with E-state index in [0.717, 1.165) is 0 Å². The quantitative estimate of drug-likeness (QED) is 0.833. The molecule has 0 saturated carbocycles. The highest BCUT2D eigenvalue weighted by Crippen LogP contribution is 2.32. The van der Waals surface area contributed by atoms with Crippen molar-refractivity contribution in [2.45, 2.75) is 24.5 Å². The molecule has 0 spiro atoms. The van der Waals surface area contributed by atoms with Crippen molar-refractivity contribution in [2.24, 2.45) is 0 Å². The molecule has 0 aliphatic carbocycles. The fourth-order valence-electron chi connectivity index (χ4n) is 2.52. The van der Waals surface area contributed by atoms with E-state index in [1.807, 2.05) is 0 Å². The first-order valence-electron chi connectivity index (χ1n) is 7.42. The molecule has 0 radical (unpaired) electrons. The van der Waals surface area contributed by atoms with Crippen molar-refractivity contribution < 1.29 is 17.9 Å². The fourth-order valence-corrected chi connectivity index (χ4v) is 4.26. The molecule has 1 aliphatic heterocycles. The van der Waals surface area contributed by atoms with Gasteiger partial charge in [0.25, 0.3) is 0 Å². The third-order valence-corrected chi connectivity index (χ3v) is 6.60. The number of nitrogens with zero attached hydrogens (tertiary/aromatic N) is 1. The normalized spacial score (nSPS) is 23.9. The Morgan fingerprint density at radius 3 is 2.70 bits per heavy atom. The van der Waals surface area contributed by atoms with Gasteiger partial charge in [-0.15, -0.1) is 0 Å². The number of nitrogens with one attached hydrogen (secondary N) is 1. The zero-order chi connectivity index (χ0) is 17.1. The van der Waals surface area contributed by atoms with Crippen molar-refractivity contribution in [2.75, 3.05) is 25.5 Å². The number of sulfonamides is 1. The minimum Gasteiger partial charge on any atom is -0.490 e. The number of rotatable bonds is 5. The summed E-state index contributed by atoms with van der Waals surface area (Å²) in [5, 5.41) is 2.69. The van der Waals surface area contributed by atoms with Crippen LogP contribution in [0.2, 0.25) is 0 Å². The maximum atomic E-state index is 12.5. The molecular weight excluding hydrogens is 316 g/mol. The summed E-state index contributed by atoms with van der Waals surface area (Å²) < 4.78 is 30.1. The SMILES string of the molecule is C=CCOc1ccc(NC(=O)[C@@]2(C)CCCN(C)S2(=O)=O)cc1. The highest BCUT2D eigenvalue weighted by atomic mass is 32.2. The molecule has 2 rings (SSSR count). The van der Waals surface area contributed by atoms with E-state index in [1.54, 1.807) is 30.3 Å². The Morgan fingerprint density at radius 1 is 1.43 bits per heavy atom. The van der Waals surface area contributed by atoms with Crippen molar-refractivity contribution in [1.29, 1.82) is 0 Å². The topological polar surface area (TPSA) is 75.7 Å². The summed E-state index contributed by atoms with van der Waals surface area (Å²) in [4.78, 5) is 12.5. The Labute approximate surface area is 137 Å². The van der Waals surface area contributed by atoms with Gasteiger partial charge in [0.1, 0.15) is 12.4 Å². The number of hydrogen-bond acceptors (Lipinski definition) is 4. The summed E-state index contributed by atoms with van der Waals surface area (Å²) >= 11 is 0. The first kappa shape index (κ1) is 17.5. The molecule has 1 aromatic carbocycles. The van der Waals surface area contributed by atoms with Gasteiger partial charge in [-0.1, -0.05) is 12.7 Å². The van der Waals surface area contributed by atoms with Crippen LogP contribution in [0.15, 0.2) is 36.9 Å². The van der Waals surface area contributed by atoms with Gasteiger partial charge in [0.05, 0.1) is 0 Å². The van der Waals surface area contributed by atoms with Gasteiger partial charge in [-0.05, 0) is 44.0 Å². The van der Waals surface area contributed by atoms with Gasteiger partial charge < -0.3 is 10.1 Å². The molecule has 1 amide bonds. The van der Waals surface area contributed by atoms with Crippen molar-refractivity contribution in [3.05, 3.63) is 36.9 Å². The van der Waals surface area contributed by atoms with Crippen molar-refractivity contribution in [3.8, 4) is 5.75 Å². The average Bonchev–Trinajstić information content (AvgIpc) is 2.52. The molecule has 23 heavy (non-hydrogen) atoms. The van der Waals surface area contributed by atoms with Crippen molar-refractivity contribution in [1.82, 2.24) is 4.31 Å². The average molecular weight is 338 g/mol. The highest BCUT2D eigenvalue weighted by molar-refractivity contribution is 7.91. The summed E-state index contributed by atoms with van der Waals surface area (Å²) in [6.45, 7) is 5.89. The lowest BCUT2D eigenvalue weighted by atomic mass is 10.0. The second-order valence-corrected chi connectivity index (χ2v) is 8.21. The summed E-state index contributed by atoms with van der Waals surface area (Å²) in [6.07, 6.45) is 2.61. The first-order chi connectivity index (χ1) is 10.8. The number of hydrogen-bond donors (Lipinski definition) is 1. The minimum absolute atomic E-state index is 0.312. The third-order valence-electron chi connectivity index (χ3n) is 4.07. The smallest absolute Gasteiger partial charge is 0.246 e. The number of amides is 1. The maximum absolute atomic E-state index is 12.5. The van der Waals surface area contributed by atoms with Crippen LogP contribution in [0, 0.1) is 0 Å². The van der Waals surface area contributed by atoms with Gasteiger partial charge in [-0.2, -0.15) is 0 Å². The molecular formula is C16H22N2O4S. The van der Waals surface area contributed by atoms with Crippen LogP contribution in [-0.2, 0) is 14.8 Å². The van der Waals surface area contributed by atoms with Gasteiger partial charge in [-0.25, -0.2) is 12.7 Å². The van der Waals surface area contributed by atoms with Crippen LogP contribution >= 0.6 is 0 Å². The van der Waals surface area contributed by atoms with E-state index in [-0.39, 0.29) is 0 Å². The Kier molecular flexibility index (Phi) is 5.11. The van der Waals surface area contributed by atoms with Crippen LogP contribution < -0.4 is 10.1 Å². The van der Waals surface area contributed by atoms with Crippen LogP contribution in [0.3, 0.4) is 0 Å². The molecule has 0 unspecified atom stereocenters. The van der Waals surface area contributed by atoms with E-state index in [1.165, 1.54) is 18.3 Å². The fraction of sp³-hybridized carbons (Fsp3) is 0.438. The molecule has 1 atom stereocenters. The Morgan fingerprint density at radius 2 is 2.09 bits per heavy atom. The second kappa shape index (κ2) is 6.72. The number of carbonyl (C=O) groups excluding carboxylic acids is 1. The molecule has 1 N–H and O–H groups in total. The lowest BCUT2D eigenvalue weighted by Gasteiger charge is -2.36. The lowest BCUT2D eigenvalue weighted by molar-refractivity contribution is -0.118. The largest absolute Gasteiger partial charge is 0.490 e. The van der Waals surface area contributed by atoms with E-state index in [9.17, 15) is 13.2 Å². The standard InChI is InChI=1S/C16H22N2O4S/c1-4-12-22-14-8-6-13(7-9-14)17-15(19)16(2)10-5-11-18(3)23(16,20)21/h4,6-9H,1,5,10-12H2,2-3H3,(H,17,19)/t16-/m1/s1. The number of ether oxygens (including phenoxy) is 1. The summed E-state index contributed by atoms with van der Waals surface area (Å²) in [7, 11) is -2.15. The lowest BCUT2D eigenvalue weighted by Crippen LogP contribution is -2.56. The second-order valence-electron chi connectivity index (χ2n) is 5.74. The van der Waals surface area contributed by atoms with Gasteiger partial charge in [0, 0.05) is 19.3 Å². The molecule has 6 nitrogen and oxygen atoms in total. The predicted molar refractivity (Wildman–Crippen MR) is 90.0 cm³/mol. The van der Waals surface area contributed by atoms with Gasteiger partial charge >= 0.3 is 0 Å². The van der Waals surface area contributed by atoms with Crippen molar-refractivity contribution in [3.63, 3.8) is 0 Å². The molecule has 1 saturated heterocycles. The van der Waals surface area contributed by atoms with E-state index in [4.69, 9.17) is 4.74 Å². The number of benzene rings is 1. The first-order valence-corrected chi connectivity index (χ1v) is 8.86. The van der Waals surface area contributed by atoms with Gasteiger partial charge in [0.15, 0.2) is 4.75 Å². The molecule has 1 aromatic rings. The monoisotopic (exact) mass is 338 g/mol. The Balaban J connectivity index is 2.13. The molecule has 0 aromatic heterocycles. The molecule has 1 heterocycles. The van der Waals surface area contributed by atoms with E-state index in [0.29, 0.717) is 37.4 Å². The highest BCUT2D eigenvalue weighted by Gasteiger charge is 2.50. The van der Waals surface area contributed by atoms with Crippen LogP contribution in [0.25, 0.3) is 0 Å². The van der Waals surface area contributed by atoms with Crippen molar-refractivity contribution >= 4 is 21.6 Å². The van der Waals surface area contributed by atoms with Crippen LogP contribution in [-0.4, -0.2) is 43.6 Å². The van der Waals surface area contributed by atoms with E-state index in [2.05, 4.69) is 11.9 Å². The van der Waals surface area contributed by atoms with E-state index >= 15 is 0 Å². The summed E-state index contributed by atoms with van der Waals surface area (Å²) in [5.41, 5.74) is 0.533. The molecule has 1 aliphatic rings. The zero-order valence-electron chi connectivity index (χ0n) is 13.4. The van der Waals surface area contributed by atoms with Gasteiger partial charge in [-0.3, -0.25) is 4.79 Å². The third kappa shape index (κ3) is 3.40. The Hall–Kier alpha value is -1.86. The predicted octanol–water partition coefficient (Wildman–Crippen LogP) is 2.00. The molecule has 7 heteroatoms. The van der Waals surface area contributed by atoms with Crippen LogP contribution in [0.1, 0.15) is 19.8 Å². The molecule has 0 bridgehead atoms. The zero-order valence-corrected chi connectivity index (χ0v) is 14.2.